The molecule has 4 nitrogen and oxygen atoms in total. The van der Waals surface area contributed by atoms with Crippen LogP contribution in [0.2, 0.25) is 0 Å². The molecule has 0 aliphatic heterocycles. The Morgan fingerprint density at radius 3 is 2.44 bits per heavy atom. The summed E-state index contributed by atoms with van der Waals surface area (Å²) in [5, 5.41) is 17.1. The molecule has 0 saturated carbocycles. The van der Waals surface area contributed by atoms with Crippen LogP contribution >= 0.6 is 15.9 Å². The number of phenolic OH excluding ortho intramolecular Hbond substituents is 1. The van der Waals surface area contributed by atoms with Crippen molar-refractivity contribution in [3.8, 4) is 22.9 Å². The molecule has 5 heteroatoms. The minimum atomic E-state index is 0.226. The number of ether oxygens (including phenoxy) is 1. The van der Waals surface area contributed by atoms with E-state index in [-0.39, 0.29) is 5.75 Å². The fourth-order valence-electron chi connectivity index (χ4n) is 1.27. The number of hydrogen-bond donors (Lipinski definition) is 1. The number of aromatic hydroxyl groups is 1. The van der Waals surface area contributed by atoms with E-state index in [0.717, 1.165) is 10.0 Å². The maximum Gasteiger partial charge on any atom is 0.247 e. The van der Waals surface area contributed by atoms with E-state index in [1.165, 1.54) is 7.11 Å². The topological polar surface area (TPSA) is 55.2 Å². The van der Waals surface area contributed by atoms with Crippen LogP contribution in [0, 0.1) is 0 Å². The van der Waals surface area contributed by atoms with Gasteiger partial charge in [0.1, 0.15) is 5.75 Å². The quantitative estimate of drug-likeness (QED) is 0.919. The zero-order chi connectivity index (χ0) is 11.5. The van der Waals surface area contributed by atoms with Gasteiger partial charge in [0.15, 0.2) is 0 Å². The van der Waals surface area contributed by atoms with Crippen molar-refractivity contribution in [2.75, 3.05) is 7.11 Å². The fraction of sp³-hybridized carbons (Fsp3) is 0.0909. The first-order valence-electron chi connectivity index (χ1n) is 4.57. The van der Waals surface area contributed by atoms with Gasteiger partial charge in [0.05, 0.1) is 17.3 Å². The number of aromatic nitrogens is 2. The van der Waals surface area contributed by atoms with Crippen molar-refractivity contribution < 1.29 is 9.84 Å². The van der Waals surface area contributed by atoms with E-state index >= 15 is 0 Å². The summed E-state index contributed by atoms with van der Waals surface area (Å²) in [7, 11) is 1.54. The molecule has 0 saturated heterocycles. The SMILES string of the molecule is COc1nnc(-c2ccc(O)cc2)cc1Br. The molecular formula is C11H9BrN2O2. The van der Waals surface area contributed by atoms with E-state index in [1.54, 1.807) is 24.3 Å². The van der Waals surface area contributed by atoms with Crippen molar-refractivity contribution in [1.82, 2.24) is 10.2 Å². The maximum absolute atomic E-state index is 9.18. The number of benzene rings is 1. The van der Waals surface area contributed by atoms with Crippen molar-refractivity contribution in [1.29, 1.82) is 0 Å². The Hall–Kier alpha value is -1.62. The predicted octanol–water partition coefficient (Wildman–Crippen LogP) is 2.62. The number of halogens is 1. The summed E-state index contributed by atoms with van der Waals surface area (Å²) in [6.45, 7) is 0. The third-order valence-electron chi connectivity index (χ3n) is 2.07. The molecule has 0 amide bonds. The summed E-state index contributed by atoms with van der Waals surface area (Å²) in [6.07, 6.45) is 0. The third-order valence-corrected chi connectivity index (χ3v) is 2.64. The first-order chi connectivity index (χ1) is 7.70. The van der Waals surface area contributed by atoms with E-state index in [2.05, 4.69) is 26.1 Å². The van der Waals surface area contributed by atoms with Gasteiger partial charge < -0.3 is 9.84 Å². The molecule has 0 radical (unpaired) electrons. The lowest BCUT2D eigenvalue weighted by Gasteiger charge is -2.04. The fourth-order valence-corrected chi connectivity index (χ4v) is 1.73. The van der Waals surface area contributed by atoms with Gasteiger partial charge in [-0.05, 0) is 46.3 Å². The van der Waals surface area contributed by atoms with Crippen molar-refractivity contribution in [3.63, 3.8) is 0 Å². The van der Waals surface area contributed by atoms with Gasteiger partial charge in [-0.2, -0.15) is 0 Å². The molecule has 1 aromatic heterocycles. The molecule has 16 heavy (non-hydrogen) atoms. The van der Waals surface area contributed by atoms with Crippen LogP contribution in [-0.2, 0) is 0 Å². The van der Waals surface area contributed by atoms with Gasteiger partial charge in [-0.1, -0.05) is 0 Å². The maximum atomic E-state index is 9.18. The van der Waals surface area contributed by atoms with Crippen LogP contribution in [0.3, 0.4) is 0 Å². The minimum absolute atomic E-state index is 0.226. The Kier molecular flexibility index (Phi) is 3.05. The summed E-state index contributed by atoms with van der Waals surface area (Å²) < 4.78 is 5.74. The summed E-state index contributed by atoms with van der Waals surface area (Å²) in [5.74, 6) is 0.673. The molecule has 0 bridgehead atoms. The van der Waals surface area contributed by atoms with Crippen molar-refractivity contribution in [2.24, 2.45) is 0 Å². The molecule has 0 spiro atoms. The summed E-state index contributed by atoms with van der Waals surface area (Å²) >= 11 is 3.34. The number of hydrogen-bond acceptors (Lipinski definition) is 4. The highest BCUT2D eigenvalue weighted by Gasteiger charge is 2.06. The second-order valence-corrected chi connectivity index (χ2v) is 3.99. The highest BCUT2D eigenvalue weighted by atomic mass is 79.9. The summed E-state index contributed by atoms with van der Waals surface area (Å²) in [6, 6.07) is 8.58. The van der Waals surface area contributed by atoms with Crippen molar-refractivity contribution >= 4 is 15.9 Å². The normalized spacial score (nSPS) is 10.1. The average molecular weight is 281 g/mol. The Labute approximate surface area is 101 Å². The van der Waals surface area contributed by atoms with Crippen LogP contribution in [0.25, 0.3) is 11.3 Å². The highest BCUT2D eigenvalue weighted by molar-refractivity contribution is 9.10. The lowest BCUT2D eigenvalue weighted by molar-refractivity contribution is 0.389. The second-order valence-electron chi connectivity index (χ2n) is 3.13. The molecule has 0 unspecified atom stereocenters. The Morgan fingerprint density at radius 1 is 1.19 bits per heavy atom. The zero-order valence-electron chi connectivity index (χ0n) is 8.51. The van der Waals surface area contributed by atoms with Crippen LogP contribution < -0.4 is 4.74 Å². The van der Waals surface area contributed by atoms with Gasteiger partial charge in [0.25, 0.3) is 0 Å². The second kappa shape index (κ2) is 4.49. The minimum Gasteiger partial charge on any atom is -0.508 e. The monoisotopic (exact) mass is 280 g/mol. The molecule has 0 atom stereocenters. The molecule has 1 N–H and O–H groups in total. The highest BCUT2D eigenvalue weighted by Crippen LogP contribution is 2.26. The van der Waals surface area contributed by atoms with Crippen LogP contribution in [0.4, 0.5) is 0 Å². The summed E-state index contributed by atoms with van der Waals surface area (Å²) in [5.41, 5.74) is 1.60. The van der Waals surface area contributed by atoms with Gasteiger partial charge in [-0.15, -0.1) is 10.2 Å². The molecule has 1 heterocycles. The predicted molar refractivity (Wildman–Crippen MR) is 63.4 cm³/mol. The molecule has 2 rings (SSSR count). The van der Waals surface area contributed by atoms with Crippen LogP contribution in [0.5, 0.6) is 11.6 Å². The van der Waals surface area contributed by atoms with Crippen LogP contribution in [0.1, 0.15) is 0 Å². The van der Waals surface area contributed by atoms with Crippen LogP contribution in [0.15, 0.2) is 34.8 Å². The Morgan fingerprint density at radius 2 is 1.88 bits per heavy atom. The Balaban J connectivity index is 2.41. The number of rotatable bonds is 2. The molecule has 1 aromatic carbocycles. The number of phenols is 1. The van der Waals surface area contributed by atoms with Crippen molar-refractivity contribution in [2.45, 2.75) is 0 Å². The standard InChI is InChI=1S/C11H9BrN2O2/c1-16-11-9(12)6-10(13-14-11)7-2-4-8(15)5-3-7/h2-6,15H,1H3. The van der Waals surface area contributed by atoms with E-state index in [1.807, 2.05) is 6.07 Å². The van der Waals surface area contributed by atoms with Crippen LogP contribution in [-0.4, -0.2) is 22.4 Å². The third kappa shape index (κ3) is 2.14. The number of nitrogens with zero attached hydrogens (tertiary/aromatic N) is 2. The largest absolute Gasteiger partial charge is 0.508 e. The lowest BCUT2D eigenvalue weighted by Crippen LogP contribution is -1.93. The molecular weight excluding hydrogens is 272 g/mol. The molecule has 82 valence electrons. The van der Waals surface area contributed by atoms with E-state index < -0.39 is 0 Å². The molecule has 2 aromatic rings. The first kappa shape index (κ1) is 10.9. The molecule has 0 aliphatic rings. The van der Waals surface area contributed by atoms with Gasteiger partial charge >= 0.3 is 0 Å². The van der Waals surface area contributed by atoms with E-state index in [9.17, 15) is 5.11 Å². The number of methoxy groups -OCH3 is 1. The molecule has 0 fully saturated rings. The first-order valence-corrected chi connectivity index (χ1v) is 5.36. The lowest BCUT2D eigenvalue weighted by atomic mass is 10.1. The van der Waals surface area contributed by atoms with Gasteiger partial charge in [0.2, 0.25) is 5.88 Å². The Bertz CT molecular complexity index is 500. The van der Waals surface area contributed by atoms with E-state index in [4.69, 9.17) is 4.74 Å². The average Bonchev–Trinajstić information content (AvgIpc) is 2.30. The van der Waals surface area contributed by atoms with Gasteiger partial charge in [-0.3, -0.25) is 0 Å². The summed E-state index contributed by atoms with van der Waals surface area (Å²) in [4.78, 5) is 0. The zero-order valence-corrected chi connectivity index (χ0v) is 10.1. The van der Waals surface area contributed by atoms with Gasteiger partial charge in [-0.25, -0.2) is 0 Å². The van der Waals surface area contributed by atoms with E-state index in [0.29, 0.717) is 11.6 Å². The molecule has 0 aliphatic carbocycles. The van der Waals surface area contributed by atoms with Crippen molar-refractivity contribution in [3.05, 3.63) is 34.8 Å². The smallest absolute Gasteiger partial charge is 0.247 e. The van der Waals surface area contributed by atoms with Gasteiger partial charge in [0, 0.05) is 5.56 Å².